The molecule has 0 radical (unpaired) electrons. The number of hydrogen-bond acceptors (Lipinski definition) is 7. The van der Waals surface area contributed by atoms with Gasteiger partial charge in [-0.05, 0) is 15.4 Å². The Labute approximate surface area is 69.4 Å². The zero-order valence-electron chi connectivity index (χ0n) is 5.95. The van der Waals surface area contributed by atoms with Crippen molar-refractivity contribution in [2.75, 3.05) is 11.3 Å². The summed E-state index contributed by atoms with van der Waals surface area (Å²) < 4.78 is 0. The molecule has 70 valence electrons. The first-order chi connectivity index (χ1) is 6.00. The molecule has 0 bridgehead atoms. The molecule has 11 heteroatoms. The second-order valence-electron chi connectivity index (χ2n) is 1.80. The van der Waals surface area contributed by atoms with Gasteiger partial charge in [-0.25, -0.2) is 0 Å². The minimum atomic E-state index is -1.03. The first-order valence-electron chi connectivity index (χ1n) is 2.78. The average Bonchev–Trinajstić information content (AvgIpc) is 2.29. The van der Waals surface area contributed by atoms with Crippen molar-refractivity contribution in [1.82, 2.24) is 14.9 Å². The smallest absolute Gasteiger partial charge is 0.389 e. The van der Waals surface area contributed by atoms with E-state index < -0.39 is 21.9 Å². The number of rotatable bonds is 3. The number of nitrogens with one attached hydrogen (secondary N) is 1. The quantitative estimate of drug-likeness (QED) is 0.429. The van der Waals surface area contributed by atoms with Gasteiger partial charge in [0.25, 0.3) is 0 Å². The summed E-state index contributed by atoms with van der Waals surface area (Å²) in [6.45, 7) is 0. The highest BCUT2D eigenvalue weighted by molar-refractivity contribution is 5.20. The van der Waals surface area contributed by atoms with Crippen LogP contribution < -0.4 is 11.3 Å². The molecular formula is C2H3N7O4. The monoisotopic (exact) mass is 189 g/mol. The van der Waals surface area contributed by atoms with Crippen LogP contribution in [0.3, 0.4) is 0 Å². The second kappa shape index (κ2) is 2.88. The zero-order valence-corrected chi connectivity index (χ0v) is 5.95. The first kappa shape index (κ1) is 8.63. The van der Waals surface area contributed by atoms with Crippen LogP contribution in [0.4, 0.5) is 11.9 Å². The molecule has 0 aromatic carbocycles. The molecule has 0 aliphatic heterocycles. The Bertz CT molecular complexity index is 355. The van der Waals surface area contributed by atoms with Crippen molar-refractivity contribution in [2.24, 2.45) is 0 Å². The molecule has 0 atom stereocenters. The molecule has 0 saturated heterocycles. The molecule has 1 rings (SSSR count). The van der Waals surface area contributed by atoms with Gasteiger partial charge < -0.3 is 26.0 Å². The van der Waals surface area contributed by atoms with Gasteiger partial charge in [-0.2, -0.15) is 0 Å². The number of nitro groups is 2. The second-order valence-corrected chi connectivity index (χ2v) is 1.80. The van der Waals surface area contributed by atoms with Crippen molar-refractivity contribution >= 4 is 11.9 Å². The van der Waals surface area contributed by atoms with Crippen LogP contribution >= 0.6 is 0 Å². The summed E-state index contributed by atoms with van der Waals surface area (Å²) >= 11 is 0. The molecule has 13 heavy (non-hydrogen) atoms. The lowest BCUT2D eigenvalue weighted by Crippen LogP contribution is -2.23. The average molecular weight is 189 g/mol. The molecule has 1 aromatic rings. The molecule has 3 N–H and O–H groups in total. The highest BCUT2D eigenvalue weighted by atomic mass is 16.7. The van der Waals surface area contributed by atoms with E-state index >= 15 is 0 Å². The number of nitrogens with two attached hydrogens (primary N) is 1. The summed E-state index contributed by atoms with van der Waals surface area (Å²) in [6.07, 6.45) is 0. The standard InChI is InChI=1S/C2H3N7O4/c3-1-4-2(8(10)11)7(5-1)6-9(12)13/h6H,(H2,3,5). The highest BCUT2D eigenvalue weighted by Crippen LogP contribution is 2.06. The summed E-state index contributed by atoms with van der Waals surface area (Å²) in [7, 11) is 0. The van der Waals surface area contributed by atoms with Crippen LogP contribution in [-0.2, 0) is 0 Å². The Morgan fingerprint density at radius 1 is 1.46 bits per heavy atom. The molecule has 1 heterocycles. The maximum atomic E-state index is 10.2. The van der Waals surface area contributed by atoms with Crippen LogP contribution in [0.25, 0.3) is 0 Å². The predicted molar refractivity (Wildman–Crippen MR) is 37.4 cm³/mol. The van der Waals surface area contributed by atoms with E-state index in [2.05, 4.69) is 10.1 Å². The number of hydrogen-bond donors (Lipinski definition) is 2. The fraction of sp³-hybridized carbons (Fsp3) is 0. The number of anilines is 1. The largest absolute Gasteiger partial charge is 0.515 e. The lowest BCUT2D eigenvalue weighted by atomic mass is 11.0. The van der Waals surface area contributed by atoms with E-state index in [0.29, 0.717) is 0 Å². The van der Waals surface area contributed by atoms with Crippen LogP contribution in [0.5, 0.6) is 0 Å². The SMILES string of the molecule is Nc1nc([N+](=O)[O-])n(N[N+](=O)[O-])n1. The van der Waals surface area contributed by atoms with Crippen molar-refractivity contribution in [3.05, 3.63) is 20.2 Å². The maximum Gasteiger partial charge on any atom is 0.515 e. The fourth-order valence-corrected chi connectivity index (χ4v) is 0.582. The molecule has 0 saturated carbocycles. The number of hydrazine groups is 1. The summed E-state index contributed by atoms with van der Waals surface area (Å²) in [4.78, 5) is 22.5. The molecule has 0 fully saturated rings. The van der Waals surface area contributed by atoms with E-state index in [0.717, 1.165) is 0 Å². The predicted octanol–water partition coefficient (Wildman–Crippen LogP) is -1.50. The lowest BCUT2D eigenvalue weighted by molar-refractivity contribution is -0.469. The maximum absolute atomic E-state index is 10.2. The van der Waals surface area contributed by atoms with Gasteiger partial charge in [-0.1, -0.05) is 0 Å². The molecule has 1 aromatic heterocycles. The third kappa shape index (κ3) is 1.76. The fourth-order valence-electron chi connectivity index (χ4n) is 0.582. The molecule has 0 aliphatic rings. The number of aromatic nitrogens is 3. The number of nitrogens with zero attached hydrogens (tertiary/aromatic N) is 5. The van der Waals surface area contributed by atoms with Gasteiger partial charge in [0.05, 0.1) is 5.03 Å². The Balaban J connectivity index is 3.04. The topological polar surface area (TPSA) is 155 Å². The minimum Gasteiger partial charge on any atom is -0.389 e. The van der Waals surface area contributed by atoms with E-state index in [1.165, 1.54) is 5.53 Å². The van der Waals surface area contributed by atoms with Crippen LogP contribution in [0.15, 0.2) is 0 Å². The number of nitrogen functional groups attached to an aromatic ring is 1. The molecule has 0 aliphatic carbocycles. The van der Waals surface area contributed by atoms with Crippen molar-refractivity contribution < 1.29 is 9.96 Å². The van der Waals surface area contributed by atoms with Crippen molar-refractivity contribution in [1.29, 1.82) is 0 Å². The van der Waals surface area contributed by atoms with Gasteiger partial charge in [0, 0.05) is 9.89 Å². The lowest BCUT2D eigenvalue weighted by Gasteiger charge is -1.95. The molecular weight excluding hydrogens is 186 g/mol. The van der Waals surface area contributed by atoms with Gasteiger partial charge in [0.15, 0.2) is 0 Å². The summed E-state index contributed by atoms with van der Waals surface area (Å²) in [5, 5.41) is 22.2. The summed E-state index contributed by atoms with van der Waals surface area (Å²) in [6, 6.07) is 0. The Morgan fingerprint density at radius 2 is 2.08 bits per heavy atom. The normalized spacial score (nSPS) is 9.54. The van der Waals surface area contributed by atoms with Crippen LogP contribution in [-0.4, -0.2) is 24.8 Å². The zero-order chi connectivity index (χ0) is 10.0. The van der Waals surface area contributed by atoms with Gasteiger partial charge in [0.2, 0.25) is 0 Å². The van der Waals surface area contributed by atoms with Crippen LogP contribution in [0, 0.1) is 20.2 Å². The van der Waals surface area contributed by atoms with Crippen LogP contribution in [0.1, 0.15) is 0 Å². The molecule has 0 amide bonds. The van der Waals surface area contributed by atoms with E-state index in [1.807, 2.05) is 0 Å². The molecule has 0 spiro atoms. The van der Waals surface area contributed by atoms with Gasteiger partial charge in [-0.3, -0.25) is 0 Å². The molecule has 0 unspecified atom stereocenters. The van der Waals surface area contributed by atoms with E-state index in [-0.39, 0.29) is 4.79 Å². The summed E-state index contributed by atoms with van der Waals surface area (Å²) in [5.74, 6) is -1.28. The third-order valence-electron chi connectivity index (χ3n) is 0.946. The van der Waals surface area contributed by atoms with Crippen LogP contribution in [0.2, 0.25) is 0 Å². The minimum absolute atomic E-state index is 0.259. The van der Waals surface area contributed by atoms with E-state index in [1.54, 1.807) is 0 Å². The van der Waals surface area contributed by atoms with Gasteiger partial charge >= 0.3 is 11.9 Å². The summed E-state index contributed by atoms with van der Waals surface area (Å²) in [5.41, 5.74) is 6.40. The van der Waals surface area contributed by atoms with Crippen molar-refractivity contribution in [3.8, 4) is 0 Å². The van der Waals surface area contributed by atoms with E-state index in [9.17, 15) is 20.2 Å². The van der Waals surface area contributed by atoms with Crippen molar-refractivity contribution in [3.63, 3.8) is 0 Å². The van der Waals surface area contributed by atoms with Gasteiger partial charge in [-0.15, -0.1) is 0 Å². The highest BCUT2D eigenvalue weighted by Gasteiger charge is 2.23. The Morgan fingerprint density at radius 3 is 2.54 bits per heavy atom. The van der Waals surface area contributed by atoms with Gasteiger partial charge in [0.1, 0.15) is 0 Å². The van der Waals surface area contributed by atoms with Crippen molar-refractivity contribution in [2.45, 2.75) is 0 Å². The first-order valence-corrected chi connectivity index (χ1v) is 2.78. The van der Waals surface area contributed by atoms with E-state index in [4.69, 9.17) is 5.73 Å². The third-order valence-corrected chi connectivity index (χ3v) is 0.946. The Hall–Kier alpha value is -2.46. The Kier molecular flexibility index (Phi) is 1.91. The molecule has 11 nitrogen and oxygen atoms in total.